The van der Waals surface area contributed by atoms with Crippen LogP contribution in [0, 0.1) is 5.92 Å². The van der Waals surface area contributed by atoms with Crippen molar-refractivity contribution in [1.29, 1.82) is 0 Å². The number of rotatable bonds is 2. The molecule has 2 bridgehead atoms. The summed E-state index contributed by atoms with van der Waals surface area (Å²) in [6.07, 6.45) is 6.14. The highest BCUT2D eigenvalue weighted by Gasteiger charge is 2.51. The van der Waals surface area contributed by atoms with E-state index in [2.05, 4.69) is 4.90 Å². The molecular weight excluding hydrogens is 176 g/mol. The topological polar surface area (TPSA) is 49.5 Å². The summed E-state index contributed by atoms with van der Waals surface area (Å²) < 4.78 is 0. The van der Waals surface area contributed by atoms with Gasteiger partial charge in [-0.15, -0.1) is 0 Å². The van der Waals surface area contributed by atoms with Crippen LogP contribution in [0.4, 0.5) is 0 Å². The monoisotopic (exact) mass is 196 g/mol. The van der Waals surface area contributed by atoms with E-state index < -0.39 is 5.60 Å². The molecule has 14 heavy (non-hydrogen) atoms. The summed E-state index contributed by atoms with van der Waals surface area (Å²) >= 11 is 0. The Morgan fingerprint density at radius 2 is 1.93 bits per heavy atom. The molecule has 0 spiro atoms. The molecule has 2 saturated heterocycles. The molecule has 2 saturated carbocycles. The third-order valence-electron chi connectivity index (χ3n) is 4.47. The lowest BCUT2D eigenvalue weighted by molar-refractivity contribution is -0.123. The summed E-state index contributed by atoms with van der Waals surface area (Å²) in [5.41, 5.74) is 5.16. The van der Waals surface area contributed by atoms with E-state index in [0.717, 1.165) is 19.0 Å². The molecule has 3 atom stereocenters. The Morgan fingerprint density at radius 3 is 2.43 bits per heavy atom. The van der Waals surface area contributed by atoms with Crippen molar-refractivity contribution in [3.8, 4) is 0 Å². The summed E-state index contributed by atoms with van der Waals surface area (Å²) in [7, 11) is 0. The normalized spacial score (nSPS) is 48.4. The fraction of sp³-hybridized carbons (Fsp3) is 1.00. The molecule has 3 unspecified atom stereocenters. The van der Waals surface area contributed by atoms with Crippen LogP contribution >= 0.6 is 0 Å². The van der Waals surface area contributed by atoms with E-state index in [4.69, 9.17) is 5.73 Å². The molecule has 0 aromatic carbocycles. The second kappa shape index (κ2) is 2.94. The van der Waals surface area contributed by atoms with E-state index in [1.165, 1.54) is 25.7 Å². The highest BCUT2D eigenvalue weighted by molar-refractivity contribution is 5.06. The van der Waals surface area contributed by atoms with Gasteiger partial charge in [0.1, 0.15) is 0 Å². The number of aliphatic hydroxyl groups is 1. The van der Waals surface area contributed by atoms with Gasteiger partial charge in [0.05, 0.1) is 5.60 Å². The zero-order valence-corrected chi connectivity index (χ0v) is 8.65. The first-order valence-corrected chi connectivity index (χ1v) is 5.91. The summed E-state index contributed by atoms with van der Waals surface area (Å²) in [6.45, 7) is 1.55. The summed E-state index contributed by atoms with van der Waals surface area (Å²) in [5.74, 6) is 0.443. The smallest absolute Gasteiger partial charge is 0.0824 e. The highest BCUT2D eigenvalue weighted by Crippen LogP contribution is 2.45. The molecule has 3 nitrogen and oxygen atoms in total. The Balaban J connectivity index is 1.78. The van der Waals surface area contributed by atoms with Crippen LogP contribution in [-0.4, -0.2) is 40.8 Å². The molecule has 2 heterocycles. The zero-order chi connectivity index (χ0) is 9.76. The van der Waals surface area contributed by atoms with E-state index in [9.17, 15) is 5.11 Å². The summed E-state index contributed by atoms with van der Waals surface area (Å²) in [6, 6.07) is 1.48. The summed E-state index contributed by atoms with van der Waals surface area (Å²) in [4.78, 5) is 2.64. The van der Waals surface area contributed by atoms with Gasteiger partial charge in [-0.05, 0) is 32.1 Å². The lowest BCUT2D eigenvalue weighted by Gasteiger charge is -2.54. The maximum atomic E-state index is 10.3. The molecular formula is C11H20N2O. The van der Waals surface area contributed by atoms with Crippen molar-refractivity contribution in [2.45, 2.75) is 49.8 Å². The van der Waals surface area contributed by atoms with Crippen LogP contribution in [0.1, 0.15) is 32.1 Å². The molecule has 3 N–H and O–H groups in total. The summed E-state index contributed by atoms with van der Waals surface area (Å²) in [5, 5.41) is 10.3. The number of nitrogens with zero attached hydrogens (tertiary/aromatic N) is 1. The maximum absolute atomic E-state index is 10.3. The molecule has 3 heteroatoms. The lowest BCUT2D eigenvalue weighted by atomic mass is 9.68. The number of piperidine rings is 2. The molecule has 0 aromatic rings. The average Bonchev–Trinajstić information content (AvgIpc) is 3.02. The van der Waals surface area contributed by atoms with Crippen LogP contribution in [0.2, 0.25) is 0 Å². The first-order valence-electron chi connectivity index (χ1n) is 5.91. The van der Waals surface area contributed by atoms with E-state index in [1.54, 1.807) is 0 Å². The van der Waals surface area contributed by atoms with Crippen molar-refractivity contribution in [1.82, 2.24) is 4.90 Å². The second-order valence-corrected chi connectivity index (χ2v) is 5.37. The predicted octanol–water partition coefficient (Wildman–Crippen LogP) is 0.323. The van der Waals surface area contributed by atoms with Crippen LogP contribution in [0.3, 0.4) is 0 Å². The van der Waals surface area contributed by atoms with E-state index >= 15 is 0 Å². The minimum atomic E-state index is -0.533. The van der Waals surface area contributed by atoms with Gasteiger partial charge < -0.3 is 10.8 Å². The molecule has 0 radical (unpaired) electrons. The Morgan fingerprint density at radius 1 is 1.21 bits per heavy atom. The van der Waals surface area contributed by atoms with Gasteiger partial charge in [0.25, 0.3) is 0 Å². The predicted molar refractivity (Wildman–Crippen MR) is 54.9 cm³/mol. The fourth-order valence-corrected chi connectivity index (χ4v) is 3.39. The number of nitrogens with two attached hydrogens (primary N) is 1. The Hall–Kier alpha value is -0.120. The van der Waals surface area contributed by atoms with E-state index in [1.807, 2.05) is 0 Å². The molecule has 0 aromatic heterocycles. The second-order valence-electron chi connectivity index (χ2n) is 5.37. The fourth-order valence-electron chi connectivity index (χ4n) is 3.39. The number of hydrogen-bond acceptors (Lipinski definition) is 3. The minimum Gasteiger partial charge on any atom is -0.388 e. The minimum absolute atomic E-state index is 0.443. The third kappa shape index (κ3) is 1.23. The first kappa shape index (κ1) is 9.13. The third-order valence-corrected chi connectivity index (χ3v) is 4.47. The quantitative estimate of drug-likeness (QED) is 0.669. The van der Waals surface area contributed by atoms with Crippen molar-refractivity contribution in [2.24, 2.45) is 11.7 Å². The van der Waals surface area contributed by atoms with Crippen molar-refractivity contribution >= 4 is 0 Å². The zero-order valence-electron chi connectivity index (χ0n) is 8.65. The van der Waals surface area contributed by atoms with E-state index in [-0.39, 0.29) is 0 Å². The van der Waals surface area contributed by atoms with Crippen molar-refractivity contribution < 1.29 is 5.11 Å². The number of fused-ring (bicyclic) bond motifs is 3. The van der Waals surface area contributed by atoms with Crippen molar-refractivity contribution in [3.05, 3.63) is 0 Å². The van der Waals surface area contributed by atoms with Crippen LogP contribution in [-0.2, 0) is 0 Å². The van der Waals surface area contributed by atoms with Gasteiger partial charge in [-0.3, -0.25) is 4.90 Å². The van der Waals surface area contributed by atoms with E-state index in [0.29, 0.717) is 18.5 Å². The average molecular weight is 196 g/mol. The van der Waals surface area contributed by atoms with Crippen LogP contribution < -0.4 is 5.73 Å². The highest BCUT2D eigenvalue weighted by atomic mass is 16.3. The molecule has 4 aliphatic rings. The maximum Gasteiger partial charge on any atom is 0.0824 e. The van der Waals surface area contributed by atoms with Gasteiger partial charge in [-0.1, -0.05) is 0 Å². The van der Waals surface area contributed by atoms with Crippen LogP contribution in [0.25, 0.3) is 0 Å². The molecule has 80 valence electrons. The van der Waals surface area contributed by atoms with Crippen LogP contribution in [0.15, 0.2) is 0 Å². The first-order chi connectivity index (χ1) is 6.73. The van der Waals surface area contributed by atoms with Gasteiger partial charge in [0.15, 0.2) is 0 Å². The van der Waals surface area contributed by atoms with Crippen molar-refractivity contribution in [3.63, 3.8) is 0 Å². The van der Waals surface area contributed by atoms with Gasteiger partial charge in [-0.25, -0.2) is 0 Å². The molecule has 2 aliphatic heterocycles. The standard InChI is InChI=1S/C11H20N2O/c12-7-11(14)5-10-2-1-8(11)6-13(10)9-3-4-9/h8-10,14H,1-7,12H2. The Kier molecular flexibility index (Phi) is 1.92. The Labute approximate surface area is 85.3 Å². The van der Waals surface area contributed by atoms with Gasteiger partial charge >= 0.3 is 0 Å². The largest absolute Gasteiger partial charge is 0.388 e. The molecule has 4 fully saturated rings. The van der Waals surface area contributed by atoms with Gasteiger partial charge in [0, 0.05) is 31.1 Å². The Bertz CT molecular complexity index is 241. The molecule has 4 rings (SSSR count). The number of hydrogen-bond donors (Lipinski definition) is 2. The SMILES string of the molecule is NCC1(O)CC2CCC1CN2C1CC1. The molecule has 0 amide bonds. The van der Waals surface area contributed by atoms with Crippen LogP contribution in [0.5, 0.6) is 0 Å². The molecule has 2 aliphatic carbocycles. The van der Waals surface area contributed by atoms with Crippen molar-refractivity contribution in [2.75, 3.05) is 13.1 Å². The van der Waals surface area contributed by atoms with Gasteiger partial charge in [0.2, 0.25) is 0 Å². The van der Waals surface area contributed by atoms with Gasteiger partial charge in [-0.2, -0.15) is 0 Å². The lowest BCUT2D eigenvalue weighted by Crippen LogP contribution is -2.63.